The normalized spacial score (nSPS) is 14.3. The standard InChI is InChI=1S/C25H25N5O3/c1-28(24(32)22-12-6-17-33-22)21-11-5-2-8-18(21)23(31)29-13-7-14-30(16-15-29)25-26-19-9-3-4-10-20(19)27-25/h2-6,8-12,17H,7,13-16H2,1H3,(H,26,27). The third-order valence-corrected chi connectivity index (χ3v) is 5.99. The van der Waals surface area contributed by atoms with Crippen LogP contribution in [-0.2, 0) is 0 Å². The number of para-hydroxylation sites is 3. The number of aromatic nitrogens is 2. The van der Waals surface area contributed by atoms with Crippen molar-refractivity contribution >= 4 is 34.5 Å². The van der Waals surface area contributed by atoms with Gasteiger partial charge in [-0.1, -0.05) is 24.3 Å². The van der Waals surface area contributed by atoms with Crippen LogP contribution in [0.25, 0.3) is 11.0 Å². The molecule has 2 amide bonds. The van der Waals surface area contributed by atoms with E-state index in [-0.39, 0.29) is 17.6 Å². The zero-order chi connectivity index (χ0) is 22.8. The number of imidazole rings is 1. The Labute approximate surface area is 191 Å². The number of nitrogens with one attached hydrogen (secondary N) is 1. The van der Waals surface area contributed by atoms with Gasteiger partial charge in [0, 0.05) is 33.2 Å². The van der Waals surface area contributed by atoms with Crippen LogP contribution in [0.15, 0.2) is 71.3 Å². The summed E-state index contributed by atoms with van der Waals surface area (Å²) in [4.78, 5) is 39.9. The Morgan fingerprint density at radius 1 is 0.970 bits per heavy atom. The predicted molar refractivity (Wildman–Crippen MR) is 127 cm³/mol. The predicted octanol–water partition coefficient (Wildman–Crippen LogP) is 3.79. The van der Waals surface area contributed by atoms with Crippen molar-refractivity contribution in [2.24, 2.45) is 0 Å². The lowest BCUT2D eigenvalue weighted by Gasteiger charge is -2.25. The van der Waals surface area contributed by atoms with Crippen LogP contribution in [0.2, 0.25) is 0 Å². The number of furan rings is 1. The summed E-state index contributed by atoms with van der Waals surface area (Å²) in [5.41, 5.74) is 2.99. The number of H-pyrrole nitrogens is 1. The number of hydrogen-bond donors (Lipinski definition) is 1. The Kier molecular flexibility index (Phi) is 5.56. The quantitative estimate of drug-likeness (QED) is 0.519. The van der Waals surface area contributed by atoms with Gasteiger partial charge in [0.15, 0.2) is 5.76 Å². The third-order valence-electron chi connectivity index (χ3n) is 5.99. The number of fused-ring (bicyclic) bond motifs is 1. The topological polar surface area (TPSA) is 85.7 Å². The van der Waals surface area contributed by atoms with Crippen LogP contribution in [0.3, 0.4) is 0 Å². The van der Waals surface area contributed by atoms with Crippen molar-refractivity contribution in [3.8, 4) is 0 Å². The van der Waals surface area contributed by atoms with E-state index in [1.807, 2.05) is 41.3 Å². The Balaban J connectivity index is 1.33. The molecule has 0 unspecified atom stereocenters. The molecule has 1 saturated heterocycles. The zero-order valence-corrected chi connectivity index (χ0v) is 18.4. The van der Waals surface area contributed by atoms with E-state index in [1.54, 1.807) is 31.3 Å². The molecule has 5 rings (SSSR count). The van der Waals surface area contributed by atoms with Crippen molar-refractivity contribution in [1.29, 1.82) is 0 Å². The van der Waals surface area contributed by atoms with Crippen LogP contribution in [0.1, 0.15) is 27.3 Å². The van der Waals surface area contributed by atoms with Crippen LogP contribution in [0.5, 0.6) is 0 Å². The molecular weight excluding hydrogens is 418 g/mol. The van der Waals surface area contributed by atoms with Gasteiger partial charge in [-0.25, -0.2) is 4.98 Å². The monoisotopic (exact) mass is 443 g/mol. The maximum Gasteiger partial charge on any atom is 0.293 e. The molecular formula is C25H25N5O3. The zero-order valence-electron chi connectivity index (χ0n) is 18.4. The lowest BCUT2D eigenvalue weighted by molar-refractivity contribution is 0.0767. The Morgan fingerprint density at radius 3 is 2.61 bits per heavy atom. The number of aromatic amines is 1. The van der Waals surface area contributed by atoms with Gasteiger partial charge in [-0.3, -0.25) is 9.59 Å². The van der Waals surface area contributed by atoms with Crippen molar-refractivity contribution in [2.45, 2.75) is 6.42 Å². The number of amides is 2. The third kappa shape index (κ3) is 4.07. The lowest BCUT2D eigenvalue weighted by atomic mass is 10.1. The van der Waals surface area contributed by atoms with Crippen molar-refractivity contribution in [3.63, 3.8) is 0 Å². The summed E-state index contributed by atoms with van der Waals surface area (Å²) in [6, 6.07) is 18.4. The maximum atomic E-state index is 13.5. The molecule has 0 atom stereocenters. The molecule has 0 spiro atoms. The highest BCUT2D eigenvalue weighted by molar-refractivity contribution is 6.09. The van der Waals surface area contributed by atoms with E-state index < -0.39 is 0 Å². The first-order valence-corrected chi connectivity index (χ1v) is 11.0. The largest absolute Gasteiger partial charge is 0.459 e. The average molecular weight is 444 g/mol. The fourth-order valence-electron chi connectivity index (χ4n) is 4.21. The van der Waals surface area contributed by atoms with E-state index in [0.717, 1.165) is 29.9 Å². The number of carbonyl (C=O) groups is 2. The highest BCUT2D eigenvalue weighted by atomic mass is 16.3. The second-order valence-electron chi connectivity index (χ2n) is 8.07. The Morgan fingerprint density at radius 2 is 1.79 bits per heavy atom. The van der Waals surface area contributed by atoms with E-state index in [4.69, 9.17) is 9.40 Å². The molecule has 0 saturated carbocycles. The van der Waals surface area contributed by atoms with Crippen LogP contribution >= 0.6 is 0 Å². The summed E-state index contributed by atoms with van der Waals surface area (Å²) < 4.78 is 5.25. The number of nitrogens with zero attached hydrogens (tertiary/aromatic N) is 4. The van der Waals surface area contributed by atoms with Gasteiger partial charge in [-0.15, -0.1) is 0 Å². The highest BCUT2D eigenvalue weighted by Crippen LogP contribution is 2.24. The van der Waals surface area contributed by atoms with E-state index in [9.17, 15) is 9.59 Å². The Bertz CT molecular complexity index is 1250. The summed E-state index contributed by atoms with van der Waals surface area (Å²) in [5.74, 6) is 0.675. The molecule has 3 heterocycles. The molecule has 0 bridgehead atoms. The molecule has 8 heteroatoms. The van der Waals surface area contributed by atoms with E-state index in [2.05, 4.69) is 9.88 Å². The van der Waals surface area contributed by atoms with Crippen molar-refractivity contribution in [3.05, 3.63) is 78.3 Å². The summed E-state index contributed by atoms with van der Waals surface area (Å²) in [6.45, 7) is 2.69. The fourth-order valence-corrected chi connectivity index (χ4v) is 4.21. The van der Waals surface area contributed by atoms with Gasteiger partial charge in [0.2, 0.25) is 5.95 Å². The second kappa shape index (κ2) is 8.82. The molecule has 168 valence electrons. The SMILES string of the molecule is CN(C(=O)c1ccco1)c1ccccc1C(=O)N1CCCN(c2nc3ccccc3[nH]2)CC1. The van der Waals surface area contributed by atoms with Gasteiger partial charge in [0.1, 0.15) is 0 Å². The van der Waals surface area contributed by atoms with Crippen molar-refractivity contribution in [1.82, 2.24) is 14.9 Å². The molecule has 2 aromatic carbocycles. The average Bonchev–Trinajstić information content (AvgIpc) is 3.48. The van der Waals surface area contributed by atoms with Crippen molar-refractivity contribution < 1.29 is 14.0 Å². The highest BCUT2D eigenvalue weighted by Gasteiger charge is 2.26. The minimum absolute atomic E-state index is 0.0869. The molecule has 8 nitrogen and oxygen atoms in total. The van der Waals surface area contributed by atoms with Crippen LogP contribution < -0.4 is 9.80 Å². The number of anilines is 2. The van der Waals surface area contributed by atoms with E-state index >= 15 is 0 Å². The smallest absolute Gasteiger partial charge is 0.293 e. The molecule has 1 fully saturated rings. The van der Waals surface area contributed by atoms with Crippen LogP contribution in [-0.4, -0.2) is 59.9 Å². The van der Waals surface area contributed by atoms with E-state index in [0.29, 0.717) is 30.9 Å². The molecule has 4 aromatic rings. The number of carbonyl (C=O) groups excluding carboxylic acids is 2. The number of benzene rings is 2. The maximum absolute atomic E-state index is 13.5. The Hall–Kier alpha value is -4.07. The second-order valence-corrected chi connectivity index (χ2v) is 8.07. The molecule has 2 aromatic heterocycles. The van der Waals surface area contributed by atoms with Gasteiger partial charge in [0.25, 0.3) is 11.8 Å². The first kappa shape index (κ1) is 20.8. The molecule has 1 aliphatic rings. The van der Waals surface area contributed by atoms with Gasteiger partial charge in [-0.05, 0) is 42.8 Å². The first-order valence-electron chi connectivity index (χ1n) is 11.0. The minimum atomic E-state index is -0.299. The molecule has 1 aliphatic heterocycles. The fraction of sp³-hybridized carbons (Fsp3) is 0.240. The first-order chi connectivity index (χ1) is 16.1. The summed E-state index contributed by atoms with van der Waals surface area (Å²) in [6.07, 6.45) is 2.29. The van der Waals surface area contributed by atoms with Gasteiger partial charge in [0.05, 0.1) is 28.5 Å². The van der Waals surface area contributed by atoms with Gasteiger partial charge < -0.3 is 24.1 Å². The minimum Gasteiger partial charge on any atom is -0.459 e. The summed E-state index contributed by atoms with van der Waals surface area (Å²) in [5, 5.41) is 0. The van der Waals surface area contributed by atoms with Crippen LogP contribution in [0, 0.1) is 0 Å². The lowest BCUT2D eigenvalue weighted by Crippen LogP contribution is -2.37. The van der Waals surface area contributed by atoms with Crippen molar-refractivity contribution in [2.75, 3.05) is 43.0 Å². The molecule has 0 radical (unpaired) electrons. The summed E-state index contributed by atoms with van der Waals surface area (Å²) >= 11 is 0. The van der Waals surface area contributed by atoms with Gasteiger partial charge in [-0.2, -0.15) is 0 Å². The number of rotatable bonds is 4. The van der Waals surface area contributed by atoms with E-state index in [1.165, 1.54) is 11.2 Å². The molecule has 1 N–H and O–H groups in total. The van der Waals surface area contributed by atoms with Gasteiger partial charge >= 0.3 is 0 Å². The summed E-state index contributed by atoms with van der Waals surface area (Å²) in [7, 11) is 1.66. The molecule has 33 heavy (non-hydrogen) atoms. The molecule has 0 aliphatic carbocycles. The number of hydrogen-bond acceptors (Lipinski definition) is 5. The van der Waals surface area contributed by atoms with Crippen LogP contribution in [0.4, 0.5) is 11.6 Å².